The monoisotopic (exact) mass is 271 g/mol. The van der Waals surface area contributed by atoms with Crippen molar-refractivity contribution in [3.8, 4) is 11.3 Å². The van der Waals surface area contributed by atoms with Gasteiger partial charge in [0.05, 0.1) is 17.6 Å². The smallest absolute Gasteiger partial charge is 0.412 e. The van der Waals surface area contributed by atoms with Gasteiger partial charge in [0, 0.05) is 18.0 Å². The number of aromatic nitrogens is 2. The van der Waals surface area contributed by atoms with Crippen LogP contribution in [0.25, 0.3) is 11.3 Å². The lowest BCUT2D eigenvalue weighted by Gasteiger charge is -2.20. The lowest BCUT2D eigenvalue weighted by Crippen LogP contribution is -2.27. The van der Waals surface area contributed by atoms with E-state index in [0.29, 0.717) is 11.4 Å². The van der Waals surface area contributed by atoms with Gasteiger partial charge >= 0.3 is 6.09 Å². The molecule has 2 aromatic rings. The predicted molar refractivity (Wildman–Crippen MR) is 77.3 cm³/mol. The quantitative estimate of drug-likeness (QED) is 0.908. The number of rotatable bonds is 2. The summed E-state index contributed by atoms with van der Waals surface area (Å²) in [6.45, 7) is 5.46. The van der Waals surface area contributed by atoms with Crippen LogP contribution >= 0.6 is 0 Å². The number of benzene rings is 1. The van der Waals surface area contributed by atoms with Gasteiger partial charge in [0.1, 0.15) is 5.60 Å². The van der Waals surface area contributed by atoms with Gasteiger partial charge in [-0.25, -0.2) is 4.79 Å². The molecule has 5 heteroatoms. The van der Waals surface area contributed by atoms with Crippen molar-refractivity contribution in [2.45, 2.75) is 26.4 Å². The summed E-state index contributed by atoms with van der Waals surface area (Å²) in [5, 5.41) is 2.74. The van der Waals surface area contributed by atoms with Crippen molar-refractivity contribution in [3.05, 3.63) is 42.9 Å². The van der Waals surface area contributed by atoms with Crippen LogP contribution in [-0.2, 0) is 4.74 Å². The number of ether oxygens (including phenoxy) is 1. The molecule has 0 radical (unpaired) electrons. The van der Waals surface area contributed by atoms with Gasteiger partial charge in [-0.1, -0.05) is 18.2 Å². The van der Waals surface area contributed by atoms with Crippen molar-refractivity contribution < 1.29 is 9.53 Å². The molecule has 2 rings (SSSR count). The molecule has 0 bridgehead atoms. The van der Waals surface area contributed by atoms with E-state index in [1.165, 1.54) is 0 Å². The van der Waals surface area contributed by atoms with Gasteiger partial charge in [0.25, 0.3) is 0 Å². The van der Waals surface area contributed by atoms with Gasteiger partial charge in [-0.15, -0.1) is 0 Å². The van der Waals surface area contributed by atoms with Gasteiger partial charge in [-0.3, -0.25) is 15.3 Å². The minimum Gasteiger partial charge on any atom is -0.444 e. The van der Waals surface area contributed by atoms with Crippen LogP contribution in [0.2, 0.25) is 0 Å². The van der Waals surface area contributed by atoms with E-state index in [1.807, 2.05) is 39.0 Å². The van der Waals surface area contributed by atoms with E-state index in [4.69, 9.17) is 4.74 Å². The van der Waals surface area contributed by atoms with Gasteiger partial charge in [-0.2, -0.15) is 0 Å². The minimum atomic E-state index is -0.536. The highest BCUT2D eigenvalue weighted by Gasteiger charge is 2.17. The summed E-state index contributed by atoms with van der Waals surface area (Å²) >= 11 is 0. The number of carbonyl (C=O) groups excluding carboxylic acids is 1. The van der Waals surface area contributed by atoms with Crippen LogP contribution in [0, 0.1) is 0 Å². The molecule has 0 aliphatic heterocycles. The maximum absolute atomic E-state index is 11.8. The van der Waals surface area contributed by atoms with Crippen molar-refractivity contribution in [3.63, 3.8) is 0 Å². The number of nitrogens with zero attached hydrogens (tertiary/aromatic N) is 2. The molecule has 1 heterocycles. The molecule has 0 atom stereocenters. The summed E-state index contributed by atoms with van der Waals surface area (Å²) in [4.78, 5) is 20.1. The zero-order valence-corrected chi connectivity index (χ0v) is 11.8. The van der Waals surface area contributed by atoms with E-state index >= 15 is 0 Å². The standard InChI is InChI=1S/C15H17N3O2/c1-15(2,3)20-14(19)18-12-7-5-4-6-11(12)13-10-16-8-9-17-13/h4-10H,1-3H3,(H,18,19). The first kappa shape index (κ1) is 14.0. The van der Waals surface area contributed by atoms with Crippen molar-refractivity contribution in [1.82, 2.24) is 9.97 Å². The number of amides is 1. The number of anilines is 1. The highest BCUT2D eigenvalue weighted by Crippen LogP contribution is 2.25. The van der Waals surface area contributed by atoms with Gasteiger partial charge in [0.15, 0.2) is 0 Å². The Labute approximate surface area is 118 Å². The summed E-state index contributed by atoms with van der Waals surface area (Å²) < 4.78 is 5.25. The zero-order valence-electron chi connectivity index (χ0n) is 11.8. The largest absolute Gasteiger partial charge is 0.444 e. The molecule has 0 aliphatic carbocycles. The molecule has 0 fully saturated rings. The molecule has 20 heavy (non-hydrogen) atoms. The van der Waals surface area contributed by atoms with Crippen molar-refractivity contribution in [2.75, 3.05) is 5.32 Å². The van der Waals surface area contributed by atoms with E-state index < -0.39 is 11.7 Å². The molecule has 0 spiro atoms. The zero-order chi connectivity index (χ0) is 14.6. The van der Waals surface area contributed by atoms with Crippen LogP contribution < -0.4 is 5.32 Å². The molecule has 1 aromatic carbocycles. The Balaban J connectivity index is 2.23. The Morgan fingerprint density at radius 2 is 1.95 bits per heavy atom. The lowest BCUT2D eigenvalue weighted by atomic mass is 10.1. The predicted octanol–water partition coefficient (Wildman–Crippen LogP) is 3.49. The average Bonchev–Trinajstić information content (AvgIpc) is 2.38. The summed E-state index contributed by atoms with van der Waals surface area (Å²) in [6, 6.07) is 7.39. The fourth-order valence-corrected chi connectivity index (χ4v) is 1.67. The molecular formula is C15H17N3O2. The van der Waals surface area contributed by atoms with Crippen LogP contribution in [-0.4, -0.2) is 21.7 Å². The maximum atomic E-state index is 11.8. The Morgan fingerprint density at radius 1 is 1.20 bits per heavy atom. The second-order valence-electron chi connectivity index (χ2n) is 5.26. The SMILES string of the molecule is CC(C)(C)OC(=O)Nc1ccccc1-c1cnccn1. The molecule has 1 aromatic heterocycles. The molecule has 0 aliphatic rings. The number of hydrogen-bond acceptors (Lipinski definition) is 4. The highest BCUT2D eigenvalue weighted by atomic mass is 16.6. The van der Waals surface area contributed by atoms with E-state index in [-0.39, 0.29) is 0 Å². The maximum Gasteiger partial charge on any atom is 0.412 e. The Kier molecular flexibility index (Phi) is 3.98. The van der Waals surface area contributed by atoms with Crippen LogP contribution in [0.3, 0.4) is 0 Å². The molecule has 104 valence electrons. The molecular weight excluding hydrogens is 254 g/mol. The van der Waals surface area contributed by atoms with E-state index in [9.17, 15) is 4.79 Å². The summed E-state index contributed by atoms with van der Waals surface area (Å²) in [5.41, 5.74) is 1.60. The minimum absolute atomic E-state index is 0.492. The van der Waals surface area contributed by atoms with Crippen molar-refractivity contribution in [1.29, 1.82) is 0 Å². The summed E-state index contributed by atoms with van der Waals surface area (Å²) in [5.74, 6) is 0. The fourth-order valence-electron chi connectivity index (χ4n) is 1.67. The molecule has 0 unspecified atom stereocenters. The second-order valence-corrected chi connectivity index (χ2v) is 5.26. The van der Waals surface area contributed by atoms with Crippen LogP contribution in [0.4, 0.5) is 10.5 Å². The molecule has 0 saturated carbocycles. The third kappa shape index (κ3) is 3.78. The Morgan fingerprint density at radius 3 is 2.60 bits per heavy atom. The van der Waals surface area contributed by atoms with Crippen molar-refractivity contribution >= 4 is 11.8 Å². The van der Waals surface area contributed by atoms with Crippen LogP contribution in [0.15, 0.2) is 42.9 Å². The normalized spacial score (nSPS) is 10.9. The number of para-hydroxylation sites is 1. The summed E-state index contributed by atoms with van der Waals surface area (Å²) in [6.07, 6.45) is 4.37. The third-order valence-corrected chi connectivity index (χ3v) is 2.40. The highest BCUT2D eigenvalue weighted by molar-refractivity contribution is 5.90. The number of hydrogen-bond donors (Lipinski definition) is 1. The van der Waals surface area contributed by atoms with Crippen LogP contribution in [0.5, 0.6) is 0 Å². The van der Waals surface area contributed by atoms with E-state index in [0.717, 1.165) is 5.56 Å². The fraction of sp³-hybridized carbons (Fsp3) is 0.267. The first-order chi connectivity index (χ1) is 9.46. The summed E-state index contributed by atoms with van der Waals surface area (Å²) in [7, 11) is 0. The van der Waals surface area contributed by atoms with Crippen molar-refractivity contribution in [2.24, 2.45) is 0 Å². The molecule has 0 saturated heterocycles. The molecule has 1 N–H and O–H groups in total. The first-order valence-electron chi connectivity index (χ1n) is 6.31. The van der Waals surface area contributed by atoms with E-state index in [2.05, 4.69) is 15.3 Å². The third-order valence-electron chi connectivity index (χ3n) is 2.40. The number of nitrogens with one attached hydrogen (secondary N) is 1. The average molecular weight is 271 g/mol. The van der Waals surface area contributed by atoms with Gasteiger partial charge in [0.2, 0.25) is 0 Å². The molecule has 1 amide bonds. The van der Waals surface area contributed by atoms with Crippen LogP contribution in [0.1, 0.15) is 20.8 Å². The first-order valence-corrected chi connectivity index (χ1v) is 6.31. The topological polar surface area (TPSA) is 64.1 Å². The Hall–Kier alpha value is -2.43. The van der Waals surface area contributed by atoms with Gasteiger partial charge < -0.3 is 4.74 Å². The number of carbonyl (C=O) groups is 1. The van der Waals surface area contributed by atoms with Gasteiger partial charge in [-0.05, 0) is 26.8 Å². The van der Waals surface area contributed by atoms with E-state index in [1.54, 1.807) is 24.7 Å². The second kappa shape index (κ2) is 5.69. The lowest BCUT2D eigenvalue weighted by molar-refractivity contribution is 0.0636. The molecule has 5 nitrogen and oxygen atoms in total. The Bertz CT molecular complexity index is 592.